The molecule has 496 valence electrons. The number of ether oxygens (including phenoxy) is 14. The average Bonchev–Trinajstić information content (AvgIpc) is 1.76. The highest BCUT2D eigenvalue weighted by molar-refractivity contribution is 5.86. The number of rotatable bonds is 20. The molecule has 0 radical (unpaired) electrons. The number of halogens is 3. The first-order valence-corrected chi connectivity index (χ1v) is 28.4. The summed E-state index contributed by atoms with van der Waals surface area (Å²) >= 11 is 0. The average molecular weight is 1270 g/mol. The molecule has 8 aliphatic heterocycles. The van der Waals surface area contributed by atoms with E-state index in [0.29, 0.717) is 0 Å². The molecule has 0 saturated carbocycles. The maximum absolute atomic E-state index is 14.9. The lowest BCUT2D eigenvalue weighted by Crippen LogP contribution is -2.56. The molecule has 8 fully saturated rings. The Morgan fingerprint density at radius 3 is 0.966 bits per heavy atom. The number of fused-ring (bicyclic) bond motifs is 4. The van der Waals surface area contributed by atoms with Gasteiger partial charge in [-0.15, -0.1) is 0 Å². The standard InChI is InChI=1S/C53H78N4O24.C2HF3O2/c1-20(58)31-35(69-44-39(31)73-50(7,8)77-44)23(55-29(63)18-25(57-48(67)81-49(4,5)6)37-33(22(3)60)41-46(71-37)79-52(11,12)75-41)16-27(61)54-24(36-32(21(2)59)40-45(70-36)78-51(9,10)74-40)17-28(62)56-26(19-30(64)68-15)38-34(43(65)66)42-47(72-38)80-53(13,14)76-42;3-2(4,5)1(6)7/h23-26,31-42,44-47H,16-19H2,1-15H3,(H,54,61)(H,55,63)(H,56,62)(H,57,67)(H,65,66);(H,6,7)/t23?,24?,25?,26?,31-,32-,33-,34-,35+,36+,37+,38+,39+,40+,41+,42+,44+,45+,46+,47+;/m0./s1. The fraction of sp³-hybridized carbons (Fsp3) is 0.818. The molecular weight excluding hydrogens is 1190 g/mol. The minimum atomic E-state index is -5.08. The molecule has 0 spiro atoms. The van der Waals surface area contributed by atoms with Crippen LogP contribution in [0.3, 0.4) is 0 Å². The van der Waals surface area contributed by atoms with Crippen molar-refractivity contribution in [1.82, 2.24) is 21.3 Å². The van der Waals surface area contributed by atoms with Crippen molar-refractivity contribution in [3.8, 4) is 0 Å². The number of alkyl halides is 3. The monoisotopic (exact) mass is 1270 g/mol. The van der Waals surface area contributed by atoms with Crippen LogP contribution in [0.15, 0.2) is 0 Å². The molecule has 0 aromatic rings. The molecule has 20 atom stereocenters. The Kier molecular flexibility index (Phi) is 20.6. The van der Waals surface area contributed by atoms with Crippen molar-refractivity contribution in [2.24, 2.45) is 23.7 Å². The number of carboxylic acid groups (broad SMARTS) is 2. The van der Waals surface area contributed by atoms with Gasteiger partial charge in [0.1, 0.15) is 53.3 Å². The predicted molar refractivity (Wildman–Crippen MR) is 282 cm³/mol. The van der Waals surface area contributed by atoms with Crippen LogP contribution in [0.25, 0.3) is 0 Å². The van der Waals surface area contributed by atoms with Crippen molar-refractivity contribution in [1.29, 1.82) is 0 Å². The molecule has 6 N–H and O–H groups in total. The van der Waals surface area contributed by atoms with Gasteiger partial charge in [0, 0.05) is 19.3 Å². The third-order valence-corrected chi connectivity index (χ3v) is 15.4. The lowest BCUT2D eigenvalue weighted by atomic mass is 9.86. The highest BCUT2D eigenvalue weighted by atomic mass is 19.4. The number of carbonyl (C=O) groups is 10. The minimum Gasteiger partial charge on any atom is -0.481 e. The minimum absolute atomic E-state index is 0.393. The summed E-state index contributed by atoms with van der Waals surface area (Å²) in [6, 6.07) is -5.58. The van der Waals surface area contributed by atoms with Crippen molar-refractivity contribution >= 4 is 59.1 Å². The number of carboxylic acids is 2. The number of carbonyl (C=O) groups excluding carboxylic acids is 8. The molecule has 8 saturated heterocycles. The van der Waals surface area contributed by atoms with Crippen LogP contribution in [0.2, 0.25) is 0 Å². The van der Waals surface area contributed by atoms with Gasteiger partial charge in [0.05, 0.1) is 79.9 Å². The second-order valence-electron chi connectivity index (χ2n) is 25.5. The maximum atomic E-state index is 14.9. The Morgan fingerprint density at radius 2 is 0.716 bits per heavy atom. The summed E-state index contributed by atoms with van der Waals surface area (Å²) in [5.41, 5.74) is -1.00. The Bertz CT molecular complexity index is 2700. The Labute approximate surface area is 503 Å². The lowest BCUT2D eigenvalue weighted by molar-refractivity contribution is -0.215. The highest BCUT2D eigenvalue weighted by Gasteiger charge is 2.63. The number of amides is 4. The zero-order valence-corrected chi connectivity index (χ0v) is 51.2. The molecule has 0 aliphatic carbocycles. The second-order valence-corrected chi connectivity index (χ2v) is 25.5. The summed E-state index contributed by atoms with van der Waals surface area (Å²) in [5, 5.41) is 28.6. The molecule has 0 bridgehead atoms. The SMILES string of the molecule is COC(=O)CC(NC(=O)CC(NC(=O)CC(NC(=O)CC(NC(=O)OC(C)(C)C)[C@H]1O[C@@H]2OC(C)(C)O[C@@H]2[C@H]1C(C)=O)[C@H]1O[C@@H]2OC(C)(C)O[C@@H]2[C@H]1C(C)=O)[C@H]1O[C@@H]2OC(C)(C)O[C@@H]2[C@H]1C(C)=O)[C@H]1O[C@@H]2OC(C)(C)O[C@@H]2[C@H]1C(=O)O.O=C(O)C(F)(F)F. The number of Topliss-reactive ketones (excluding diaryl/α,β-unsaturated/α-hetero) is 3. The smallest absolute Gasteiger partial charge is 0.481 e. The first kappa shape index (κ1) is 69.9. The van der Waals surface area contributed by atoms with Gasteiger partial charge in [-0.2, -0.15) is 13.2 Å². The van der Waals surface area contributed by atoms with Gasteiger partial charge in [0.2, 0.25) is 17.7 Å². The molecule has 8 rings (SSSR count). The van der Waals surface area contributed by atoms with Crippen molar-refractivity contribution < 1.29 is 138 Å². The van der Waals surface area contributed by atoms with E-state index in [0.717, 1.165) is 7.11 Å². The molecule has 88 heavy (non-hydrogen) atoms. The summed E-state index contributed by atoms with van der Waals surface area (Å²) in [6.07, 6.45) is -22.6. The highest BCUT2D eigenvalue weighted by Crippen LogP contribution is 2.47. The van der Waals surface area contributed by atoms with Crippen LogP contribution < -0.4 is 21.3 Å². The first-order valence-electron chi connectivity index (χ1n) is 28.4. The number of methoxy groups -OCH3 is 1. The van der Waals surface area contributed by atoms with Gasteiger partial charge in [-0.05, 0) is 96.9 Å². The maximum Gasteiger partial charge on any atom is 0.490 e. The molecule has 0 aromatic heterocycles. The van der Waals surface area contributed by atoms with E-state index >= 15 is 0 Å². The van der Waals surface area contributed by atoms with E-state index in [2.05, 4.69) is 21.3 Å². The number of ketones is 3. The summed E-state index contributed by atoms with van der Waals surface area (Å²) < 4.78 is 115. The van der Waals surface area contributed by atoms with Crippen LogP contribution in [0.4, 0.5) is 18.0 Å². The topological polar surface area (TPSA) is 388 Å². The molecule has 30 nitrogen and oxygen atoms in total. The second kappa shape index (κ2) is 26.0. The van der Waals surface area contributed by atoms with E-state index in [-0.39, 0.29) is 0 Å². The third-order valence-electron chi connectivity index (χ3n) is 15.4. The number of nitrogens with one attached hydrogen (secondary N) is 4. The van der Waals surface area contributed by atoms with Crippen LogP contribution >= 0.6 is 0 Å². The largest absolute Gasteiger partial charge is 0.490 e. The van der Waals surface area contributed by atoms with Crippen LogP contribution in [0.5, 0.6) is 0 Å². The quantitative estimate of drug-likeness (QED) is 0.0941. The van der Waals surface area contributed by atoms with Crippen LogP contribution in [0, 0.1) is 23.7 Å². The number of hydrogen-bond acceptors (Lipinski definition) is 24. The Morgan fingerprint density at radius 1 is 0.455 bits per heavy atom. The van der Waals surface area contributed by atoms with E-state index in [1.165, 1.54) is 20.8 Å². The van der Waals surface area contributed by atoms with E-state index in [1.807, 2.05) is 0 Å². The Balaban J connectivity index is 0.00000149. The number of hydrogen-bond donors (Lipinski definition) is 6. The van der Waals surface area contributed by atoms with Gasteiger partial charge >= 0.3 is 30.2 Å². The number of aliphatic carboxylic acids is 2. The van der Waals surface area contributed by atoms with E-state index in [1.54, 1.807) is 76.2 Å². The Hall–Kier alpha value is -5.59. The zero-order chi connectivity index (χ0) is 65.9. The van der Waals surface area contributed by atoms with Crippen LogP contribution in [-0.4, -0.2) is 209 Å². The van der Waals surface area contributed by atoms with Crippen LogP contribution in [0.1, 0.15) is 123 Å². The first-order chi connectivity index (χ1) is 40.4. The normalized spacial score (nSPS) is 34.8. The molecule has 0 aromatic carbocycles. The van der Waals surface area contributed by atoms with Gasteiger partial charge in [0.15, 0.2) is 48.3 Å². The zero-order valence-electron chi connectivity index (χ0n) is 51.2. The third kappa shape index (κ3) is 16.5. The number of alkyl carbamates (subject to hydrolysis) is 1. The molecule has 4 amide bonds. The van der Waals surface area contributed by atoms with Gasteiger partial charge in [-0.3, -0.25) is 38.4 Å². The molecule has 33 heteroatoms. The lowest BCUT2D eigenvalue weighted by Gasteiger charge is -2.34. The predicted octanol–water partition coefficient (Wildman–Crippen LogP) is 1.52. The van der Waals surface area contributed by atoms with Crippen LogP contribution in [-0.2, 0) is 109 Å². The van der Waals surface area contributed by atoms with E-state index in [9.17, 15) is 61.4 Å². The van der Waals surface area contributed by atoms with Gasteiger partial charge in [-0.1, -0.05) is 0 Å². The van der Waals surface area contributed by atoms with Gasteiger partial charge in [-0.25, -0.2) is 9.59 Å². The van der Waals surface area contributed by atoms with Crippen molar-refractivity contribution in [2.75, 3.05) is 7.11 Å². The summed E-state index contributed by atoms with van der Waals surface area (Å²) in [7, 11) is 1.10. The van der Waals surface area contributed by atoms with Crippen molar-refractivity contribution in [2.45, 2.75) is 256 Å². The van der Waals surface area contributed by atoms with Gasteiger partial charge < -0.3 is 97.8 Å². The molecular formula is C55H79F3N4O26. The van der Waals surface area contributed by atoms with Gasteiger partial charge in [0.25, 0.3) is 0 Å². The fourth-order valence-corrected chi connectivity index (χ4v) is 12.3. The van der Waals surface area contributed by atoms with Crippen molar-refractivity contribution in [3.63, 3.8) is 0 Å². The van der Waals surface area contributed by atoms with Crippen molar-refractivity contribution in [3.05, 3.63) is 0 Å². The number of esters is 1. The molecule has 8 heterocycles. The molecule has 4 unspecified atom stereocenters. The summed E-state index contributed by atoms with van der Waals surface area (Å²) in [5.74, 6) is -18.5. The van der Waals surface area contributed by atoms with E-state index < -0.39 is 242 Å². The van der Waals surface area contributed by atoms with E-state index in [4.69, 9.17) is 76.2 Å². The summed E-state index contributed by atoms with van der Waals surface area (Å²) in [6.45, 7) is 21.6. The summed E-state index contributed by atoms with van der Waals surface area (Å²) in [4.78, 5) is 133. The molecule has 8 aliphatic rings. The fourth-order valence-electron chi connectivity index (χ4n) is 12.3.